The number of nitrogens with one attached hydrogen (secondary N) is 1. The average Bonchev–Trinajstić information content (AvgIpc) is 3.11. The zero-order chi connectivity index (χ0) is 22.1. The Hall–Kier alpha value is -3.60. The van der Waals surface area contributed by atoms with E-state index in [1.807, 2.05) is 36.5 Å². The van der Waals surface area contributed by atoms with Gasteiger partial charge in [-0.1, -0.05) is 38.1 Å². The standard InChI is InChI=1S/C26H28N4O/c1-17(2)20-7-6-8-21(15-20)28-25-22-16-24(30(5)23(22)13-14-27-25)18-9-11-19(12-10-18)26(31)29(3)4/h6-17H,1-5H3,(H,27,28). The number of hydrogen-bond donors (Lipinski definition) is 1. The van der Waals surface area contributed by atoms with Crippen LogP contribution < -0.4 is 5.32 Å². The van der Waals surface area contributed by atoms with Gasteiger partial charge in [-0.25, -0.2) is 4.98 Å². The maximum atomic E-state index is 12.2. The quantitative estimate of drug-likeness (QED) is 0.450. The lowest BCUT2D eigenvalue weighted by Gasteiger charge is -2.11. The molecule has 2 aromatic carbocycles. The van der Waals surface area contributed by atoms with Crippen molar-refractivity contribution in [1.29, 1.82) is 0 Å². The maximum Gasteiger partial charge on any atom is 0.253 e. The first-order chi connectivity index (χ1) is 14.8. The van der Waals surface area contributed by atoms with Gasteiger partial charge in [-0.05, 0) is 53.4 Å². The van der Waals surface area contributed by atoms with Crippen LogP contribution in [0.15, 0.2) is 66.9 Å². The van der Waals surface area contributed by atoms with Crippen LogP contribution in [0, 0.1) is 0 Å². The summed E-state index contributed by atoms with van der Waals surface area (Å²) in [6, 6.07) is 20.4. The number of hydrogen-bond acceptors (Lipinski definition) is 3. The Morgan fingerprint density at radius 2 is 1.77 bits per heavy atom. The fourth-order valence-corrected chi connectivity index (χ4v) is 3.79. The van der Waals surface area contributed by atoms with Crippen LogP contribution in [0.1, 0.15) is 35.7 Å². The first-order valence-corrected chi connectivity index (χ1v) is 10.5. The lowest BCUT2D eigenvalue weighted by atomic mass is 10.0. The van der Waals surface area contributed by atoms with Crippen LogP contribution in [-0.2, 0) is 7.05 Å². The number of benzene rings is 2. The SMILES string of the molecule is CC(C)c1cccc(Nc2nccc3c2cc(-c2ccc(C(=O)N(C)C)cc2)n3C)c1. The Balaban J connectivity index is 1.71. The molecule has 0 atom stereocenters. The molecule has 2 heterocycles. The first kappa shape index (κ1) is 20.7. The van der Waals surface area contributed by atoms with E-state index in [9.17, 15) is 4.79 Å². The number of carbonyl (C=O) groups is 1. The van der Waals surface area contributed by atoms with Gasteiger partial charge in [0, 0.05) is 49.7 Å². The molecule has 0 unspecified atom stereocenters. The van der Waals surface area contributed by atoms with Gasteiger partial charge in [0.2, 0.25) is 0 Å². The van der Waals surface area contributed by atoms with Crippen molar-refractivity contribution in [2.75, 3.05) is 19.4 Å². The van der Waals surface area contributed by atoms with Crippen molar-refractivity contribution in [2.45, 2.75) is 19.8 Å². The molecule has 1 amide bonds. The van der Waals surface area contributed by atoms with Gasteiger partial charge in [0.15, 0.2) is 0 Å². The zero-order valence-electron chi connectivity index (χ0n) is 18.7. The predicted molar refractivity (Wildman–Crippen MR) is 128 cm³/mol. The van der Waals surface area contributed by atoms with Crippen LogP contribution in [0.3, 0.4) is 0 Å². The monoisotopic (exact) mass is 412 g/mol. The molecule has 0 fully saturated rings. The molecule has 2 aromatic heterocycles. The fourth-order valence-electron chi connectivity index (χ4n) is 3.79. The summed E-state index contributed by atoms with van der Waals surface area (Å²) in [7, 11) is 5.58. The summed E-state index contributed by atoms with van der Waals surface area (Å²) in [6.07, 6.45) is 1.83. The molecule has 0 aliphatic rings. The van der Waals surface area contributed by atoms with Gasteiger partial charge >= 0.3 is 0 Å². The van der Waals surface area contributed by atoms with Crippen LogP contribution in [-0.4, -0.2) is 34.5 Å². The largest absolute Gasteiger partial charge is 0.345 e. The zero-order valence-corrected chi connectivity index (χ0v) is 18.7. The predicted octanol–water partition coefficient (Wildman–Crippen LogP) is 5.81. The van der Waals surface area contributed by atoms with Crippen LogP contribution in [0.2, 0.25) is 0 Å². The number of rotatable bonds is 5. The summed E-state index contributed by atoms with van der Waals surface area (Å²) in [5.74, 6) is 1.30. The number of pyridine rings is 1. The number of aryl methyl sites for hydroxylation is 1. The van der Waals surface area contributed by atoms with Crippen molar-refractivity contribution in [1.82, 2.24) is 14.5 Å². The van der Waals surface area contributed by atoms with Crippen LogP contribution in [0.25, 0.3) is 22.2 Å². The Kier molecular flexibility index (Phi) is 5.51. The van der Waals surface area contributed by atoms with E-state index in [1.165, 1.54) is 5.56 Å². The van der Waals surface area contributed by atoms with E-state index < -0.39 is 0 Å². The third-order valence-electron chi connectivity index (χ3n) is 5.62. The summed E-state index contributed by atoms with van der Waals surface area (Å²) >= 11 is 0. The van der Waals surface area contributed by atoms with Crippen LogP contribution in [0.5, 0.6) is 0 Å². The third-order valence-corrected chi connectivity index (χ3v) is 5.62. The Bertz CT molecular complexity index is 1240. The average molecular weight is 413 g/mol. The van der Waals surface area contributed by atoms with Gasteiger partial charge in [0.05, 0.1) is 5.52 Å². The highest BCUT2D eigenvalue weighted by Crippen LogP contribution is 2.32. The van der Waals surface area contributed by atoms with E-state index in [2.05, 4.69) is 66.1 Å². The van der Waals surface area contributed by atoms with Crippen molar-refractivity contribution >= 4 is 28.3 Å². The molecule has 0 radical (unpaired) electrons. The van der Waals surface area contributed by atoms with E-state index in [4.69, 9.17) is 0 Å². The topological polar surface area (TPSA) is 50.2 Å². The molecule has 4 rings (SSSR count). The highest BCUT2D eigenvalue weighted by atomic mass is 16.2. The minimum absolute atomic E-state index is 0.00269. The number of fused-ring (bicyclic) bond motifs is 1. The lowest BCUT2D eigenvalue weighted by Crippen LogP contribution is -2.21. The molecule has 0 saturated carbocycles. The van der Waals surface area contributed by atoms with Gasteiger partial charge in [-0.3, -0.25) is 4.79 Å². The summed E-state index contributed by atoms with van der Waals surface area (Å²) in [6.45, 7) is 4.39. The second-order valence-corrected chi connectivity index (χ2v) is 8.36. The molecule has 1 N–H and O–H groups in total. The minimum atomic E-state index is 0.00269. The molecule has 5 heteroatoms. The van der Waals surface area contributed by atoms with E-state index in [1.54, 1.807) is 19.0 Å². The van der Waals surface area contributed by atoms with Crippen molar-refractivity contribution in [3.63, 3.8) is 0 Å². The van der Waals surface area contributed by atoms with Gasteiger partial charge in [0.1, 0.15) is 5.82 Å². The second-order valence-electron chi connectivity index (χ2n) is 8.36. The number of anilines is 2. The molecule has 0 saturated heterocycles. The molecule has 0 spiro atoms. The molecule has 158 valence electrons. The van der Waals surface area contributed by atoms with Crippen molar-refractivity contribution in [2.24, 2.45) is 7.05 Å². The molecule has 5 nitrogen and oxygen atoms in total. The number of aromatic nitrogens is 2. The smallest absolute Gasteiger partial charge is 0.253 e. The first-order valence-electron chi connectivity index (χ1n) is 10.5. The van der Waals surface area contributed by atoms with Gasteiger partial charge < -0.3 is 14.8 Å². The highest BCUT2D eigenvalue weighted by Gasteiger charge is 2.14. The summed E-state index contributed by atoms with van der Waals surface area (Å²) in [5, 5.41) is 4.55. The Morgan fingerprint density at radius 3 is 2.45 bits per heavy atom. The normalized spacial score (nSPS) is 11.2. The molecular weight excluding hydrogens is 384 g/mol. The third kappa shape index (κ3) is 4.04. The van der Waals surface area contributed by atoms with E-state index in [0.29, 0.717) is 11.5 Å². The summed E-state index contributed by atoms with van der Waals surface area (Å²) in [5.41, 5.74) is 6.23. The van der Waals surface area contributed by atoms with E-state index in [0.717, 1.165) is 33.7 Å². The molecule has 0 aliphatic carbocycles. The van der Waals surface area contributed by atoms with E-state index in [-0.39, 0.29) is 5.91 Å². The molecular formula is C26H28N4O. The molecule has 31 heavy (non-hydrogen) atoms. The molecule has 0 aliphatic heterocycles. The van der Waals surface area contributed by atoms with E-state index >= 15 is 0 Å². The van der Waals surface area contributed by atoms with Crippen molar-refractivity contribution < 1.29 is 4.79 Å². The lowest BCUT2D eigenvalue weighted by molar-refractivity contribution is 0.0827. The van der Waals surface area contributed by atoms with Crippen LogP contribution >= 0.6 is 0 Å². The summed E-state index contributed by atoms with van der Waals surface area (Å²) in [4.78, 5) is 18.4. The maximum absolute atomic E-state index is 12.2. The minimum Gasteiger partial charge on any atom is -0.345 e. The van der Waals surface area contributed by atoms with Gasteiger partial charge in [0.25, 0.3) is 5.91 Å². The summed E-state index contributed by atoms with van der Waals surface area (Å²) < 4.78 is 2.16. The van der Waals surface area contributed by atoms with Gasteiger partial charge in [-0.15, -0.1) is 0 Å². The fraction of sp³-hybridized carbons (Fsp3) is 0.231. The highest BCUT2D eigenvalue weighted by molar-refractivity contribution is 5.97. The van der Waals surface area contributed by atoms with Crippen LogP contribution in [0.4, 0.5) is 11.5 Å². The van der Waals surface area contributed by atoms with Crippen molar-refractivity contribution in [3.05, 3.63) is 78.0 Å². The number of nitrogens with zero attached hydrogens (tertiary/aromatic N) is 3. The molecule has 0 bridgehead atoms. The van der Waals surface area contributed by atoms with Crippen molar-refractivity contribution in [3.8, 4) is 11.3 Å². The van der Waals surface area contributed by atoms with Gasteiger partial charge in [-0.2, -0.15) is 0 Å². The number of amides is 1. The number of carbonyl (C=O) groups excluding carboxylic acids is 1. The molecule has 4 aromatic rings. The Morgan fingerprint density at radius 1 is 1.03 bits per heavy atom. The Labute approximate surface area is 183 Å². The second kappa shape index (κ2) is 8.26.